The number of amides is 1. The third-order valence-corrected chi connectivity index (χ3v) is 4.47. The molecular formula is C18H25NO4. The van der Waals surface area contributed by atoms with Crippen molar-refractivity contribution in [1.29, 1.82) is 0 Å². The Labute approximate surface area is 137 Å². The maximum atomic E-state index is 12.8. The maximum absolute atomic E-state index is 12.8. The fourth-order valence-electron chi connectivity index (χ4n) is 3.03. The molecule has 0 bridgehead atoms. The third kappa shape index (κ3) is 3.91. The van der Waals surface area contributed by atoms with Gasteiger partial charge in [-0.1, -0.05) is 37.3 Å². The standard InChI is InChI=1S/C18H25NO4/c1-3-15(14-8-6-5-7-9-14)16(20)19-12-10-18(22,11-13-19)17(21)23-4-2/h5-9,15,22H,3-4,10-13H2,1-2H3. The van der Waals surface area contributed by atoms with E-state index in [-0.39, 0.29) is 31.3 Å². The highest BCUT2D eigenvalue weighted by Crippen LogP contribution is 2.28. The molecule has 0 saturated carbocycles. The van der Waals surface area contributed by atoms with E-state index in [9.17, 15) is 14.7 Å². The average Bonchev–Trinajstić information content (AvgIpc) is 2.57. The molecule has 0 aliphatic carbocycles. The number of esters is 1. The van der Waals surface area contributed by atoms with E-state index < -0.39 is 11.6 Å². The van der Waals surface area contributed by atoms with Gasteiger partial charge in [-0.2, -0.15) is 0 Å². The number of hydrogen-bond acceptors (Lipinski definition) is 4. The Morgan fingerprint density at radius 3 is 2.35 bits per heavy atom. The molecule has 1 saturated heterocycles. The molecule has 1 amide bonds. The van der Waals surface area contributed by atoms with Gasteiger partial charge in [-0.05, 0) is 18.9 Å². The van der Waals surface area contributed by atoms with E-state index >= 15 is 0 Å². The first-order valence-corrected chi connectivity index (χ1v) is 8.25. The summed E-state index contributed by atoms with van der Waals surface area (Å²) in [5, 5.41) is 10.4. The fourth-order valence-corrected chi connectivity index (χ4v) is 3.03. The fraction of sp³-hybridized carbons (Fsp3) is 0.556. The molecule has 1 fully saturated rings. The van der Waals surface area contributed by atoms with Crippen LogP contribution in [0.2, 0.25) is 0 Å². The summed E-state index contributed by atoms with van der Waals surface area (Å²) in [6, 6.07) is 9.72. The summed E-state index contributed by atoms with van der Waals surface area (Å²) in [6.45, 7) is 4.70. The Morgan fingerprint density at radius 1 is 1.22 bits per heavy atom. The van der Waals surface area contributed by atoms with Gasteiger partial charge in [0.25, 0.3) is 0 Å². The number of benzene rings is 1. The van der Waals surface area contributed by atoms with Crippen LogP contribution in [-0.4, -0.2) is 47.2 Å². The lowest BCUT2D eigenvalue weighted by Crippen LogP contribution is -2.52. The minimum absolute atomic E-state index is 0.0598. The van der Waals surface area contributed by atoms with Gasteiger partial charge in [0, 0.05) is 25.9 Å². The summed E-state index contributed by atoms with van der Waals surface area (Å²) in [5.41, 5.74) is -0.451. The lowest BCUT2D eigenvalue weighted by molar-refractivity contribution is -0.171. The number of piperidine rings is 1. The normalized spacial score (nSPS) is 18.3. The van der Waals surface area contributed by atoms with Crippen molar-refractivity contribution in [3.05, 3.63) is 35.9 Å². The Morgan fingerprint density at radius 2 is 1.83 bits per heavy atom. The van der Waals surface area contributed by atoms with Gasteiger partial charge >= 0.3 is 5.97 Å². The molecule has 2 rings (SSSR count). The van der Waals surface area contributed by atoms with Crippen LogP contribution in [0.15, 0.2) is 30.3 Å². The molecule has 1 heterocycles. The smallest absolute Gasteiger partial charge is 0.338 e. The summed E-state index contributed by atoms with van der Waals surface area (Å²) >= 11 is 0. The number of nitrogens with zero attached hydrogens (tertiary/aromatic N) is 1. The van der Waals surface area contributed by atoms with Crippen molar-refractivity contribution >= 4 is 11.9 Å². The van der Waals surface area contributed by atoms with Crippen molar-refractivity contribution < 1.29 is 19.4 Å². The number of aliphatic hydroxyl groups is 1. The van der Waals surface area contributed by atoms with Crippen LogP contribution in [0, 0.1) is 0 Å². The average molecular weight is 319 g/mol. The second kappa shape index (κ2) is 7.59. The highest BCUT2D eigenvalue weighted by molar-refractivity contribution is 5.85. The highest BCUT2D eigenvalue weighted by Gasteiger charge is 2.42. The quantitative estimate of drug-likeness (QED) is 0.844. The molecule has 5 nitrogen and oxygen atoms in total. The van der Waals surface area contributed by atoms with Gasteiger partial charge in [0.1, 0.15) is 0 Å². The largest absolute Gasteiger partial charge is 0.464 e. The first-order valence-electron chi connectivity index (χ1n) is 8.25. The number of rotatable bonds is 5. The monoisotopic (exact) mass is 319 g/mol. The van der Waals surface area contributed by atoms with Gasteiger partial charge in [-0.3, -0.25) is 4.79 Å². The van der Waals surface area contributed by atoms with Gasteiger partial charge in [-0.15, -0.1) is 0 Å². The minimum Gasteiger partial charge on any atom is -0.464 e. The molecule has 126 valence electrons. The molecule has 1 aliphatic heterocycles. The van der Waals surface area contributed by atoms with E-state index in [0.29, 0.717) is 13.1 Å². The molecule has 5 heteroatoms. The van der Waals surface area contributed by atoms with E-state index in [4.69, 9.17) is 4.74 Å². The molecule has 0 radical (unpaired) electrons. The van der Waals surface area contributed by atoms with Gasteiger partial charge in [-0.25, -0.2) is 4.79 Å². The SMILES string of the molecule is CCOC(=O)C1(O)CCN(C(=O)C(CC)c2ccccc2)CC1. The van der Waals surface area contributed by atoms with Crippen molar-refractivity contribution in [2.75, 3.05) is 19.7 Å². The highest BCUT2D eigenvalue weighted by atomic mass is 16.5. The van der Waals surface area contributed by atoms with Crippen molar-refractivity contribution in [2.24, 2.45) is 0 Å². The van der Waals surface area contributed by atoms with Crippen molar-refractivity contribution in [2.45, 2.75) is 44.6 Å². The number of carbonyl (C=O) groups excluding carboxylic acids is 2. The van der Waals surface area contributed by atoms with Crippen LogP contribution in [0.3, 0.4) is 0 Å². The predicted molar refractivity (Wildman–Crippen MR) is 86.9 cm³/mol. The molecule has 1 atom stereocenters. The van der Waals surface area contributed by atoms with Crippen molar-refractivity contribution in [3.8, 4) is 0 Å². The second-order valence-electron chi connectivity index (χ2n) is 5.95. The van der Waals surface area contributed by atoms with E-state index in [1.165, 1.54) is 0 Å². The zero-order chi connectivity index (χ0) is 16.9. The Kier molecular flexibility index (Phi) is 5.77. The van der Waals surface area contributed by atoms with Gasteiger partial charge in [0.2, 0.25) is 5.91 Å². The molecule has 1 aromatic rings. The van der Waals surface area contributed by atoms with Gasteiger partial charge < -0.3 is 14.7 Å². The topological polar surface area (TPSA) is 66.8 Å². The van der Waals surface area contributed by atoms with Crippen LogP contribution in [0.4, 0.5) is 0 Å². The number of carbonyl (C=O) groups is 2. The predicted octanol–water partition coefficient (Wildman–Crippen LogP) is 2.10. The first-order chi connectivity index (χ1) is 11.0. The van der Waals surface area contributed by atoms with Gasteiger partial charge in [0.05, 0.1) is 12.5 Å². The first kappa shape index (κ1) is 17.5. The van der Waals surface area contributed by atoms with E-state index in [2.05, 4.69) is 0 Å². The number of likely N-dealkylation sites (tertiary alicyclic amines) is 1. The van der Waals surface area contributed by atoms with Crippen LogP contribution >= 0.6 is 0 Å². The number of ether oxygens (including phenoxy) is 1. The zero-order valence-electron chi connectivity index (χ0n) is 13.8. The van der Waals surface area contributed by atoms with Crippen LogP contribution in [-0.2, 0) is 14.3 Å². The van der Waals surface area contributed by atoms with Crippen LogP contribution in [0.5, 0.6) is 0 Å². The Balaban J connectivity index is 2.01. The molecule has 1 unspecified atom stereocenters. The van der Waals surface area contributed by atoms with Crippen LogP contribution in [0.1, 0.15) is 44.6 Å². The van der Waals surface area contributed by atoms with E-state index in [1.807, 2.05) is 37.3 Å². The summed E-state index contributed by atoms with van der Waals surface area (Å²) in [7, 11) is 0. The van der Waals surface area contributed by atoms with Crippen LogP contribution in [0.25, 0.3) is 0 Å². The van der Waals surface area contributed by atoms with Crippen molar-refractivity contribution in [3.63, 3.8) is 0 Å². The summed E-state index contributed by atoms with van der Waals surface area (Å²) in [4.78, 5) is 26.3. The molecule has 0 aromatic heterocycles. The minimum atomic E-state index is -1.46. The lowest BCUT2D eigenvalue weighted by Gasteiger charge is -2.37. The van der Waals surface area contributed by atoms with Crippen molar-refractivity contribution in [1.82, 2.24) is 4.90 Å². The zero-order valence-corrected chi connectivity index (χ0v) is 13.8. The molecule has 1 aliphatic rings. The molecule has 23 heavy (non-hydrogen) atoms. The van der Waals surface area contributed by atoms with E-state index in [0.717, 1.165) is 12.0 Å². The Hall–Kier alpha value is -1.88. The summed E-state index contributed by atoms with van der Waals surface area (Å²) < 4.78 is 4.93. The molecule has 1 N–H and O–H groups in total. The molecule has 1 aromatic carbocycles. The Bertz CT molecular complexity index is 535. The van der Waals surface area contributed by atoms with Gasteiger partial charge in [0.15, 0.2) is 5.60 Å². The second-order valence-corrected chi connectivity index (χ2v) is 5.95. The third-order valence-electron chi connectivity index (χ3n) is 4.47. The maximum Gasteiger partial charge on any atom is 0.338 e. The summed E-state index contributed by atoms with van der Waals surface area (Å²) in [6.07, 6.45) is 1.17. The molecular weight excluding hydrogens is 294 g/mol. The number of hydrogen-bond donors (Lipinski definition) is 1. The molecule has 0 spiro atoms. The van der Waals surface area contributed by atoms with Crippen LogP contribution < -0.4 is 0 Å². The summed E-state index contributed by atoms with van der Waals surface area (Å²) in [5.74, 6) is -0.697. The lowest BCUT2D eigenvalue weighted by atomic mass is 9.89. The van der Waals surface area contributed by atoms with E-state index in [1.54, 1.807) is 11.8 Å².